The highest BCUT2D eigenvalue weighted by Gasteiger charge is 2.47. The highest BCUT2D eigenvalue weighted by atomic mass is 19.4. The third-order valence-electron chi connectivity index (χ3n) is 5.44. The number of fused-ring (bicyclic) bond motifs is 1. The lowest BCUT2D eigenvalue weighted by atomic mass is 9.73. The number of rotatable bonds is 6. The van der Waals surface area contributed by atoms with Crippen LogP contribution in [0.1, 0.15) is 30.7 Å². The zero-order valence-corrected chi connectivity index (χ0v) is 18.2. The van der Waals surface area contributed by atoms with Crippen LogP contribution in [0.15, 0.2) is 18.2 Å². The minimum absolute atomic E-state index is 0.0475. The van der Waals surface area contributed by atoms with Crippen LogP contribution in [0.2, 0.25) is 0 Å². The molecule has 180 valence electrons. The summed E-state index contributed by atoms with van der Waals surface area (Å²) < 4.78 is 48.8. The van der Waals surface area contributed by atoms with Crippen LogP contribution in [0.3, 0.4) is 0 Å². The van der Waals surface area contributed by atoms with Crippen molar-refractivity contribution in [2.75, 3.05) is 40.0 Å². The fourth-order valence-corrected chi connectivity index (χ4v) is 3.97. The first-order chi connectivity index (χ1) is 15.1. The lowest BCUT2D eigenvalue weighted by Crippen LogP contribution is -2.58. The molecule has 0 aromatic carbocycles. The minimum Gasteiger partial charge on any atom is -0.475 e. The van der Waals surface area contributed by atoms with E-state index in [0.29, 0.717) is 19.8 Å². The van der Waals surface area contributed by atoms with Gasteiger partial charge in [0.1, 0.15) is 6.61 Å². The van der Waals surface area contributed by atoms with Crippen molar-refractivity contribution < 1.29 is 42.1 Å². The van der Waals surface area contributed by atoms with Crippen molar-refractivity contribution in [1.82, 2.24) is 9.88 Å². The Hall–Kier alpha value is -2.24. The first-order valence-corrected chi connectivity index (χ1v) is 10.3. The number of alkyl halides is 3. The van der Waals surface area contributed by atoms with E-state index in [0.717, 1.165) is 43.8 Å². The molecule has 2 saturated heterocycles. The van der Waals surface area contributed by atoms with Crippen LogP contribution < -0.4 is 0 Å². The number of likely N-dealkylation sites (tertiary alicyclic amines) is 1. The van der Waals surface area contributed by atoms with Crippen LogP contribution in [0.25, 0.3) is 0 Å². The standard InChI is InChI=1S/C19H28N2O4.C2HF3O2/c1-15-5-3-6-16(20-15)11-24-14-19-8-4-10-25-17(19)7-9-21(13-19)18(22)12-23-2;3-2(4,5)1(6)7/h3,5-6,17H,4,7-14H2,1-2H3;(H,6,7). The lowest BCUT2D eigenvalue weighted by Gasteiger charge is -2.50. The maximum Gasteiger partial charge on any atom is 0.490 e. The van der Waals surface area contributed by atoms with E-state index in [1.165, 1.54) is 0 Å². The number of carboxylic acids is 1. The molecule has 3 heterocycles. The summed E-state index contributed by atoms with van der Waals surface area (Å²) >= 11 is 0. The smallest absolute Gasteiger partial charge is 0.475 e. The molecule has 2 aliphatic heterocycles. The molecular weight excluding hydrogens is 433 g/mol. The van der Waals surface area contributed by atoms with Crippen molar-refractivity contribution in [3.05, 3.63) is 29.6 Å². The van der Waals surface area contributed by atoms with E-state index < -0.39 is 12.1 Å². The number of aryl methyl sites for hydroxylation is 1. The van der Waals surface area contributed by atoms with E-state index in [4.69, 9.17) is 24.1 Å². The van der Waals surface area contributed by atoms with Gasteiger partial charge in [-0.2, -0.15) is 13.2 Å². The normalized spacial score (nSPS) is 23.0. The molecular formula is C21H29F3N2O6. The fraction of sp³-hybridized carbons (Fsp3) is 0.667. The zero-order chi connectivity index (χ0) is 23.8. The molecule has 8 nitrogen and oxygen atoms in total. The van der Waals surface area contributed by atoms with Crippen molar-refractivity contribution in [3.63, 3.8) is 0 Å². The second-order valence-corrected chi connectivity index (χ2v) is 7.93. The van der Waals surface area contributed by atoms with E-state index in [2.05, 4.69) is 4.98 Å². The molecule has 11 heteroatoms. The highest BCUT2D eigenvalue weighted by molar-refractivity contribution is 5.77. The Morgan fingerprint density at radius 1 is 1.38 bits per heavy atom. The number of aromatic nitrogens is 1. The van der Waals surface area contributed by atoms with Crippen LogP contribution >= 0.6 is 0 Å². The average molecular weight is 462 g/mol. The summed E-state index contributed by atoms with van der Waals surface area (Å²) in [4.78, 5) is 27.5. The van der Waals surface area contributed by atoms with Gasteiger partial charge in [-0.15, -0.1) is 0 Å². The van der Waals surface area contributed by atoms with Crippen LogP contribution in [-0.2, 0) is 30.4 Å². The number of carboxylic acid groups (broad SMARTS) is 1. The maximum atomic E-state index is 12.3. The monoisotopic (exact) mass is 462 g/mol. The first kappa shape index (κ1) is 26.0. The molecule has 1 amide bonds. The summed E-state index contributed by atoms with van der Waals surface area (Å²) in [6, 6.07) is 5.96. The number of pyridine rings is 1. The van der Waals surface area contributed by atoms with E-state index in [9.17, 15) is 18.0 Å². The Balaban J connectivity index is 0.000000451. The third kappa shape index (κ3) is 7.42. The van der Waals surface area contributed by atoms with Crippen molar-refractivity contribution >= 4 is 11.9 Å². The minimum atomic E-state index is -5.08. The number of piperidine rings is 1. The Kier molecular flexibility index (Phi) is 9.41. The number of aliphatic carboxylic acids is 1. The fourth-order valence-electron chi connectivity index (χ4n) is 3.97. The quantitative estimate of drug-likeness (QED) is 0.694. The van der Waals surface area contributed by atoms with Crippen LogP contribution in [0.5, 0.6) is 0 Å². The van der Waals surface area contributed by atoms with Crippen molar-refractivity contribution in [3.8, 4) is 0 Å². The van der Waals surface area contributed by atoms with Gasteiger partial charge in [0.15, 0.2) is 0 Å². The number of nitrogens with zero attached hydrogens (tertiary/aromatic N) is 2. The number of amides is 1. The van der Waals surface area contributed by atoms with Gasteiger partial charge in [0, 0.05) is 37.9 Å². The van der Waals surface area contributed by atoms with Crippen molar-refractivity contribution in [2.24, 2.45) is 5.41 Å². The number of hydrogen-bond donors (Lipinski definition) is 1. The molecule has 2 unspecified atom stereocenters. The van der Waals surface area contributed by atoms with Crippen LogP contribution in [0, 0.1) is 12.3 Å². The van der Waals surface area contributed by atoms with Gasteiger partial charge in [-0.1, -0.05) is 6.07 Å². The van der Waals surface area contributed by atoms with Crippen LogP contribution in [0.4, 0.5) is 13.2 Å². The van der Waals surface area contributed by atoms with Gasteiger partial charge in [-0.05, 0) is 38.3 Å². The van der Waals surface area contributed by atoms with Crippen LogP contribution in [-0.4, -0.2) is 79.2 Å². The molecule has 2 fully saturated rings. The molecule has 1 aromatic heterocycles. The summed E-state index contributed by atoms with van der Waals surface area (Å²) in [6.45, 7) is 5.41. The molecule has 0 aliphatic carbocycles. The van der Waals surface area contributed by atoms with Gasteiger partial charge < -0.3 is 24.2 Å². The number of methoxy groups -OCH3 is 1. The average Bonchev–Trinajstić information content (AvgIpc) is 2.73. The summed E-state index contributed by atoms with van der Waals surface area (Å²) in [5.41, 5.74) is 1.81. The van der Waals surface area contributed by atoms with Gasteiger partial charge >= 0.3 is 12.1 Å². The number of carbonyl (C=O) groups is 2. The number of carbonyl (C=O) groups excluding carboxylic acids is 1. The Labute approximate surface area is 184 Å². The summed E-state index contributed by atoms with van der Waals surface area (Å²) in [5.74, 6) is -2.71. The molecule has 0 saturated carbocycles. The van der Waals surface area contributed by atoms with E-state index in [1.807, 2.05) is 30.0 Å². The maximum absolute atomic E-state index is 12.3. The summed E-state index contributed by atoms with van der Waals surface area (Å²) in [5, 5.41) is 7.12. The molecule has 2 atom stereocenters. The Bertz CT molecular complexity index is 776. The van der Waals surface area contributed by atoms with E-state index in [1.54, 1.807) is 7.11 Å². The van der Waals surface area contributed by atoms with E-state index in [-0.39, 0.29) is 24.0 Å². The van der Waals surface area contributed by atoms with Gasteiger partial charge in [0.25, 0.3) is 0 Å². The lowest BCUT2D eigenvalue weighted by molar-refractivity contribution is -0.192. The van der Waals surface area contributed by atoms with Gasteiger partial charge in [0.2, 0.25) is 5.91 Å². The molecule has 0 radical (unpaired) electrons. The topological polar surface area (TPSA) is 98.2 Å². The first-order valence-electron chi connectivity index (χ1n) is 10.3. The summed E-state index contributed by atoms with van der Waals surface area (Å²) in [7, 11) is 1.56. The Morgan fingerprint density at radius 3 is 2.72 bits per heavy atom. The molecule has 3 rings (SSSR count). The molecule has 1 aromatic rings. The zero-order valence-electron chi connectivity index (χ0n) is 18.2. The summed E-state index contributed by atoms with van der Waals surface area (Å²) in [6.07, 6.45) is -2.02. The number of ether oxygens (including phenoxy) is 3. The Morgan fingerprint density at radius 2 is 2.09 bits per heavy atom. The SMILES string of the molecule is COCC(=O)N1CCC2OCCCC2(COCc2cccc(C)n2)C1.O=C(O)C(F)(F)F. The molecule has 32 heavy (non-hydrogen) atoms. The van der Waals surface area contributed by atoms with Crippen molar-refractivity contribution in [2.45, 2.75) is 45.1 Å². The number of halogens is 3. The van der Waals surface area contributed by atoms with E-state index >= 15 is 0 Å². The molecule has 0 spiro atoms. The second kappa shape index (κ2) is 11.6. The van der Waals surface area contributed by atoms with Crippen molar-refractivity contribution in [1.29, 1.82) is 0 Å². The molecule has 2 aliphatic rings. The number of hydrogen-bond acceptors (Lipinski definition) is 6. The predicted octanol–water partition coefficient (Wildman–Crippen LogP) is 2.58. The predicted molar refractivity (Wildman–Crippen MR) is 107 cm³/mol. The second-order valence-electron chi connectivity index (χ2n) is 7.93. The third-order valence-corrected chi connectivity index (χ3v) is 5.44. The van der Waals surface area contributed by atoms with Gasteiger partial charge in [0.05, 0.1) is 25.0 Å². The highest BCUT2D eigenvalue weighted by Crippen LogP contribution is 2.40. The molecule has 1 N–H and O–H groups in total. The molecule has 0 bridgehead atoms. The largest absolute Gasteiger partial charge is 0.490 e. The van der Waals surface area contributed by atoms with Gasteiger partial charge in [-0.3, -0.25) is 9.78 Å². The van der Waals surface area contributed by atoms with Gasteiger partial charge in [-0.25, -0.2) is 4.79 Å².